The molecule has 0 saturated carbocycles. The Kier molecular flexibility index (Phi) is 5.48. The van der Waals surface area contributed by atoms with E-state index in [9.17, 15) is 13.6 Å². The standard InChI is InChI=1S/C20H17F2N5OS/c21-15-6-4-13(5-7-15)11-24-19(28)23-9-8-17-12-29-20-25-18(26-27(17)20)14-2-1-3-16(22)10-14/h1-7,10,12H,8-9,11H2,(H2,23,24,28). The largest absolute Gasteiger partial charge is 0.338 e. The van der Waals surface area contributed by atoms with Crippen molar-refractivity contribution in [2.45, 2.75) is 13.0 Å². The van der Waals surface area contributed by atoms with Crippen LogP contribution in [0.5, 0.6) is 0 Å². The molecule has 29 heavy (non-hydrogen) atoms. The van der Waals surface area contributed by atoms with Gasteiger partial charge in [0.1, 0.15) is 11.6 Å². The van der Waals surface area contributed by atoms with Crippen LogP contribution in [0.4, 0.5) is 13.6 Å². The second kappa shape index (κ2) is 8.36. The van der Waals surface area contributed by atoms with E-state index in [0.29, 0.717) is 35.9 Å². The summed E-state index contributed by atoms with van der Waals surface area (Å²) in [5.41, 5.74) is 2.33. The van der Waals surface area contributed by atoms with Crippen molar-refractivity contribution in [1.82, 2.24) is 25.2 Å². The SMILES string of the molecule is O=C(NCCc1csc2nc(-c3cccc(F)c3)nn12)NCc1ccc(F)cc1. The Labute approximate surface area is 169 Å². The normalized spacial score (nSPS) is 11.0. The first-order chi connectivity index (χ1) is 14.1. The summed E-state index contributed by atoms with van der Waals surface area (Å²) in [6.45, 7) is 0.727. The van der Waals surface area contributed by atoms with Gasteiger partial charge in [0.2, 0.25) is 4.96 Å². The van der Waals surface area contributed by atoms with Gasteiger partial charge in [-0.3, -0.25) is 0 Å². The van der Waals surface area contributed by atoms with Crippen LogP contribution in [0, 0.1) is 11.6 Å². The third-order valence-electron chi connectivity index (χ3n) is 4.27. The molecule has 0 aliphatic rings. The molecule has 4 aromatic rings. The summed E-state index contributed by atoms with van der Waals surface area (Å²) < 4.78 is 28.0. The molecule has 2 aromatic carbocycles. The number of carbonyl (C=O) groups is 1. The first kappa shape index (κ1) is 19.0. The van der Waals surface area contributed by atoms with Gasteiger partial charge in [-0.1, -0.05) is 24.3 Å². The predicted octanol–water partition coefficient (Wildman–Crippen LogP) is 3.78. The first-order valence-electron chi connectivity index (χ1n) is 8.94. The lowest BCUT2D eigenvalue weighted by molar-refractivity contribution is 0.240. The highest BCUT2D eigenvalue weighted by molar-refractivity contribution is 7.15. The summed E-state index contributed by atoms with van der Waals surface area (Å²) in [5.74, 6) is -0.187. The summed E-state index contributed by atoms with van der Waals surface area (Å²) in [6, 6.07) is 11.8. The number of aromatic nitrogens is 3. The fourth-order valence-corrected chi connectivity index (χ4v) is 3.65. The zero-order chi connectivity index (χ0) is 20.2. The third kappa shape index (κ3) is 4.57. The maximum Gasteiger partial charge on any atom is 0.315 e. The van der Waals surface area contributed by atoms with E-state index in [1.807, 2.05) is 5.38 Å². The van der Waals surface area contributed by atoms with Crippen LogP contribution in [-0.4, -0.2) is 27.2 Å². The van der Waals surface area contributed by atoms with Crippen molar-refractivity contribution in [3.8, 4) is 11.4 Å². The third-order valence-corrected chi connectivity index (χ3v) is 5.13. The molecule has 0 aliphatic carbocycles. The minimum absolute atomic E-state index is 0.306. The second-order valence-corrected chi connectivity index (χ2v) is 7.19. The van der Waals surface area contributed by atoms with Gasteiger partial charge in [-0.05, 0) is 29.8 Å². The summed E-state index contributed by atoms with van der Waals surface area (Å²) in [4.78, 5) is 17.1. The number of nitrogens with one attached hydrogen (secondary N) is 2. The van der Waals surface area contributed by atoms with E-state index in [2.05, 4.69) is 20.7 Å². The number of rotatable bonds is 6. The molecule has 9 heteroatoms. The van der Waals surface area contributed by atoms with E-state index in [-0.39, 0.29) is 17.7 Å². The zero-order valence-corrected chi connectivity index (χ0v) is 16.0. The van der Waals surface area contributed by atoms with Crippen molar-refractivity contribution in [1.29, 1.82) is 0 Å². The van der Waals surface area contributed by atoms with Crippen LogP contribution in [0.2, 0.25) is 0 Å². The van der Waals surface area contributed by atoms with E-state index in [0.717, 1.165) is 11.3 Å². The average molecular weight is 413 g/mol. The maximum atomic E-state index is 13.4. The van der Waals surface area contributed by atoms with Gasteiger partial charge in [-0.15, -0.1) is 16.4 Å². The molecule has 0 bridgehead atoms. The first-order valence-corrected chi connectivity index (χ1v) is 9.82. The molecule has 0 fully saturated rings. The van der Waals surface area contributed by atoms with Crippen molar-refractivity contribution < 1.29 is 13.6 Å². The van der Waals surface area contributed by atoms with Gasteiger partial charge in [0, 0.05) is 30.5 Å². The van der Waals surface area contributed by atoms with E-state index in [4.69, 9.17) is 0 Å². The predicted molar refractivity (Wildman–Crippen MR) is 107 cm³/mol. The van der Waals surface area contributed by atoms with Gasteiger partial charge < -0.3 is 10.6 Å². The minimum atomic E-state index is -0.336. The van der Waals surface area contributed by atoms with Gasteiger partial charge in [0.15, 0.2) is 5.82 Å². The van der Waals surface area contributed by atoms with Gasteiger partial charge in [0.05, 0.1) is 5.69 Å². The number of thiazole rings is 1. The maximum absolute atomic E-state index is 13.4. The van der Waals surface area contributed by atoms with Gasteiger partial charge in [-0.2, -0.15) is 4.98 Å². The summed E-state index contributed by atoms with van der Waals surface area (Å²) in [6.07, 6.45) is 0.565. The lowest BCUT2D eigenvalue weighted by Crippen LogP contribution is -2.36. The zero-order valence-electron chi connectivity index (χ0n) is 15.2. The Hall–Kier alpha value is -3.33. The van der Waals surface area contributed by atoms with Gasteiger partial charge in [0.25, 0.3) is 0 Å². The lowest BCUT2D eigenvalue weighted by Gasteiger charge is -2.07. The molecule has 0 spiro atoms. The smallest absolute Gasteiger partial charge is 0.315 e. The molecule has 0 radical (unpaired) electrons. The molecule has 4 rings (SSSR count). The Balaban J connectivity index is 1.32. The summed E-state index contributed by atoms with van der Waals surface area (Å²) >= 11 is 1.44. The molecular formula is C20H17F2N5OS. The number of carbonyl (C=O) groups excluding carboxylic acids is 1. The van der Waals surface area contributed by atoms with Crippen LogP contribution in [0.3, 0.4) is 0 Å². The molecule has 0 atom stereocenters. The van der Waals surface area contributed by atoms with E-state index in [1.54, 1.807) is 28.8 Å². The molecule has 2 heterocycles. The molecule has 6 nitrogen and oxygen atoms in total. The van der Waals surface area contributed by atoms with Crippen molar-refractivity contribution in [2.75, 3.05) is 6.54 Å². The monoisotopic (exact) mass is 413 g/mol. The molecule has 148 valence electrons. The fraction of sp³-hybridized carbons (Fsp3) is 0.150. The Bertz CT molecular complexity index is 1140. The fourth-order valence-electron chi connectivity index (χ4n) is 2.80. The van der Waals surface area contributed by atoms with E-state index < -0.39 is 0 Å². The van der Waals surface area contributed by atoms with Crippen molar-refractivity contribution in [3.05, 3.63) is 76.8 Å². The van der Waals surface area contributed by atoms with Crippen molar-refractivity contribution >= 4 is 22.3 Å². The number of hydrogen-bond acceptors (Lipinski definition) is 4. The number of urea groups is 1. The van der Waals surface area contributed by atoms with Gasteiger partial charge >= 0.3 is 6.03 Å². The lowest BCUT2D eigenvalue weighted by atomic mass is 10.2. The topological polar surface area (TPSA) is 71.3 Å². The molecule has 0 unspecified atom stereocenters. The van der Waals surface area contributed by atoms with Crippen LogP contribution in [0.25, 0.3) is 16.3 Å². The second-order valence-electron chi connectivity index (χ2n) is 6.35. The quantitative estimate of drug-likeness (QED) is 0.505. The highest BCUT2D eigenvalue weighted by Gasteiger charge is 2.12. The van der Waals surface area contributed by atoms with Gasteiger partial charge in [-0.25, -0.2) is 18.1 Å². The Morgan fingerprint density at radius 3 is 2.69 bits per heavy atom. The van der Waals surface area contributed by atoms with Crippen molar-refractivity contribution in [3.63, 3.8) is 0 Å². The molecule has 2 N–H and O–H groups in total. The Morgan fingerprint density at radius 1 is 1.07 bits per heavy atom. The van der Waals surface area contributed by atoms with Crippen LogP contribution < -0.4 is 10.6 Å². The highest BCUT2D eigenvalue weighted by atomic mass is 32.1. The summed E-state index contributed by atoms with van der Waals surface area (Å²) in [7, 11) is 0. The van der Waals surface area contributed by atoms with E-state index >= 15 is 0 Å². The minimum Gasteiger partial charge on any atom is -0.338 e. The Morgan fingerprint density at radius 2 is 1.90 bits per heavy atom. The van der Waals surface area contributed by atoms with Crippen LogP contribution in [0.1, 0.15) is 11.3 Å². The number of halogens is 2. The average Bonchev–Trinajstić information content (AvgIpc) is 3.29. The molecular weight excluding hydrogens is 396 g/mol. The number of hydrogen-bond donors (Lipinski definition) is 2. The van der Waals surface area contributed by atoms with E-state index in [1.165, 1.54) is 35.6 Å². The number of fused-ring (bicyclic) bond motifs is 1. The molecule has 2 amide bonds. The number of benzene rings is 2. The molecule has 2 aromatic heterocycles. The van der Waals surface area contributed by atoms with Crippen LogP contribution >= 0.6 is 11.3 Å². The van der Waals surface area contributed by atoms with Crippen LogP contribution in [0.15, 0.2) is 53.9 Å². The molecule has 0 aliphatic heterocycles. The van der Waals surface area contributed by atoms with Crippen LogP contribution in [-0.2, 0) is 13.0 Å². The number of nitrogens with zero attached hydrogens (tertiary/aromatic N) is 3. The highest BCUT2D eigenvalue weighted by Crippen LogP contribution is 2.21. The number of amides is 2. The summed E-state index contributed by atoms with van der Waals surface area (Å²) in [5, 5.41) is 11.9. The van der Waals surface area contributed by atoms with Crippen molar-refractivity contribution in [2.24, 2.45) is 0 Å². The molecule has 0 saturated heterocycles.